The van der Waals surface area contributed by atoms with E-state index < -0.39 is 53.8 Å². The van der Waals surface area contributed by atoms with Crippen molar-refractivity contribution in [1.29, 1.82) is 0 Å². The molecule has 0 rings (SSSR count). The molecule has 0 saturated carbocycles. The summed E-state index contributed by atoms with van der Waals surface area (Å²) in [5, 5.41) is 16.7. The van der Waals surface area contributed by atoms with Gasteiger partial charge >= 0.3 is 5.97 Å². The van der Waals surface area contributed by atoms with Gasteiger partial charge in [0.15, 0.2) is 0 Å². The zero-order chi connectivity index (χ0) is 23.6. The van der Waals surface area contributed by atoms with Crippen LogP contribution in [0.25, 0.3) is 0 Å². The minimum absolute atomic E-state index is 0.0747. The highest BCUT2D eigenvalue weighted by Gasteiger charge is 2.31. The largest absolute Gasteiger partial charge is 0.480 e. The number of aliphatic carboxylic acids is 1. The van der Waals surface area contributed by atoms with Crippen LogP contribution in [0.1, 0.15) is 53.9 Å². The average molecular weight is 430 g/mol. The maximum absolute atomic E-state index is 12.8. The number of nitrogens with one attached hydrogen (secondary N) is 3. The number of carbonyl (C=O) groups is 5. The minimum atomic E-state index is -1.33. The van der Waals surface area contributed by atoms with Gasteiger partial charge in [0, 0.05) is 6.42 Å². The highest BCUT2D eigenvalue weighted by atomic mass is 16.4. The quantitative estimate of drug-likeness (QED) is 0.212. The van der Waals surface area contributed by atoms with Crippen LogP contribution in [0.5, 0.6) is 0 Å². The Kier molecular flexibility index (Phi) is 11.6. The molecule has 0 fully saturated rings. The molecular formula is C19H35N5O6. The second kappa shape index (κ2) is 12.8. The van der Waals surface area contributed by atoms with Crippen LogP contribution in [0.15, 0.2) is 0 Å². The van der Waals surface area contributed by atoms with E-state index in [0.717, 1.165) is 0 Å². The molecule has 0 radical (unpaired) electrons. The van der Waals surface area contributed by atoms with Crippen LogP contribution < -0.4 is 27.4 Å². The van der Waals surface area contributed by atoms with Crippen LogP contribution in [0.2, 0.25) is 0 Å². The van der Waals surface area contributed by atoms with E-state index in [1.54, 1.807) is 13.8 Å². The number of hydrogen-bond acceptors (Lipinski definition) is 6. The second-order valence-electron chi connectivity index (χ2n) is 8.11. The third-order valence-electron chi connectivity index (χ3n) is 4.29. The molecule has 0 spiro atoms. The Morgan fingerprint density at radius 3 is 1.77 bits per heavy atom. The van der Waals surface area contributed by atoms with E-state index in [0.29, 0.717) is 6.42 Å². The van der Waals surface area contributed by atoms with E-state index in [9.17, 15) is 29.1 Å². The summed E-state index contributed by atoms with van der Waals surface area (Å²) in [6.07, 6.45) is -0.0571. The van der Waals surface area contributed by atoms with Crippen LogP contribution in [0, 0.1) is 11.8 Å². The lowest BCUT2D eigenvalue weighted by atomic mass is 9.99. The van der Waals surface area contributed by atoms with E-state index in [4.69, 9.17) is 11.5 Å². The van der Waals surface area contributed by atoms with Gasteiger partial charge in [-0.3, -0.25) is 19.2 Å². The molecule has 0 aromatic carbocycles. The summed E-state index contributed by atoms with van der Waals surface area (Å²) in [7, 11) is 0. The Hall–Kier alpha value is -2.69. The second-order valence-corrected chi connectivity index (χ2v) is 8.11. The molecule has 0 saturated heterocycles. The fourth-order valence-corrected chi connectivity index (χ4v) is 2.60. The molecule has 0 aliphatic rings. The monoisotopic (exact) mass is 429 g/mol. The van der Waals surface area contributed by atoms with Crippen molar-refractivity contribution in [3.63, 3.8) is 0 Å². The summed E-state index contributed by atoms with van der Waals surface area (Å²) in [6.45, 7) is 8.61. The summed E-state index contributed by atoms with van der Waals surface area (Å²) in [4.78, 5) is 59.6. The van der Waals surface area contributed by atoms with Crippen molar-refractivity contribution in [1.82, 2.24) is 16.0 Å². The molecule has 4 atom stereocenters. The lowest BCUT2D eigenvalue weighted by Crippen LogP contribution is -2.58. The zero-order valence-electron chi connectivity index (χ0n) is 18.2. The maximum Gasteiger partial charge on any atom is 0.326 e. The number of hydrogen-bond donors (Lipinski definition) is 6. The van der Waals surface area contributed by atoms with Gasteiger partial charge in [0.05, 0.1) is 6.04 Å². The van der Waals surface area contributed by atoms with Gasteiger partial charge in [0.2, 0.25) is 23.6 Å². The molecule has 8 N–H and O–H groups in total. The fraction of sp³-hybridized carbons (Fsp3) is 0.737. The average Bonchev–Trinajstić information content (AvgIpc) is 2.60. The van der Waals surface area contributed by atoms with E-state index in [-0.39, 0.29) is 24.7 Å². The summed E-state index contributed by atoms with van der Waals surface area (Å²) < 4.78 is 0. The number of carbonyl (C=O) groups excluding carboxylic acids is 4. The summed E-state index contributed by atoms with van der Waals surface area (Å²) >= 11 is 0. The van der Waals surface area contributed by atoms with E-state index in [2.05, 4.69) is 16.0 Å². The maximum atomic E-state index is 12.8. The van der Waals surface area contributed by atoms with Crippen LogP contribution in [-0.4, -0.2) is 58.9 Å². The fourth-order valence-electron chi connectivity index (χ4n) is 2.60. The molecule has 4 amide bonds. The lowest BCUT2D eigenvalue weighted by Gasteiger charge is -2.27. The zero-order valence-corrected chi connectivity index (χ0v) is 18.2. The smallest absolute Gasteiger partial charge is 0.326 e. The minimum Gasteiger partial charge on any atom is -0.480 e. The van der Waals surface area contributed by atoms with Crippen molar-refractivity contribution in [2.45, 2.75) is 78.0 Å². The topological polar surface area (TPSA) is 194 Å². The van der Waals surface area contributed by atoms with Crippen LogP contribution in [0.4, 0.5) is 0 Å². The number of carboxylic acid groups (broad SMARTS) is 1. The Balaban J connectivity index is 5.34. The van der Waals surface area contributed by atoms with Gasteiger partial charge in [-0.25, -0.2) is 4.79 Å². The predicted molar refractivity (Wildman–Crippen MR) is 110 cm³/mol. The molecule has 4 unspecified atom stereocenters. The summed E-state index contributed by atoms with van der Waals surface area (Å²) in [5.41, 5.74) is 10.6. The van der Waals surface area contributed by atoms with Crippen molar-refractivity contribution in [2.24, 2.45) is 23.3 Å². The number of carboxylic acids is 1. The van der Waals surface area contributed by atoms with Gasteiger partial charge in [0.25, 0.3) is 0 Å². The SMILES string of the molecule is CC(C)CC(NC(=O)C(C)N)C(=O)NC(C(=O)NC(CCC(N)=O)C(=O)O)C(C)C. The summed E-state index contributed by atoms with van der Waals surface area (Å²) in [5.74, 6) is -4.09. The molecule has 0 heterocycles. The van der Waals surface area contributed by atoms with Gasteiger partial charge < -0.3 is 32.5 Å². The Morgan fingerprint density at radius 2 is 1.37 bits per heavy atom. The number of nitrogens with two attached hydrogens (primary N) is 2. The first-order valence-electron chi connectivity index (χ1n) is 9.94. The van der Waals surface area contributed by atoms with Crippen LogP contribution >= 0.6 is 0 Å². The highest BCUT2D eigenvalue weighted by Crippen LogP contribution is 2.09. The van der Waals surface area contributed by atoms with Crippen molar-refractivity contribution in [3.05, 3.63) is 0 Å². The van der Waals surface area contributed by atoms with Crippen LogP contribution in [0.3, 0.4) is 0 Å². The first kappa shape index (κ1) is 27.3. The molecule has 172 valence electrons. The van der Waals surface area contributed by atoms with Crippen molar-refractivity contribution >= 4 is 29.6 Å². The third-order valence-corrected chi connectivity index (χ3v) is 4.29. The Morgan fingerprint density at radius 1 is 0.833 bits per heavy atom. The number of amides is 4. The number of primary amides is 1. The number of rotatable bonds is 13. The van der Waals surface area contributed by atoms with Gasteiger partial charge in [-0.2, -0.15) is 0 Å². The van der Waals surface area contributed by atoms with Crippen molar-refractivity contribution in [3.8, 4) is 0 Å². The normalized spacial score (nSPS) is 15.1. The molecule has 0 bridgehead atoms. The van der Waals surface area contributed by atoms with E-state index >= 15 is 0 Å². The predicted octanol–water partition coefficient (Wildman–Crippen LogP) is -1.16. The molecule has 0 aromatic rings. The van der Waals surface area contributed by atoms with Crippen molar-refractivity contribution in [2.75, 3.05) is 0 Å². The first-order chi connectivity index (χ1) is 13.8. The molecular weight excluding hydrogens is 394 g/mol. The van der Waals surface area contributed by atoms with Crippen molar-refractivity contribution < 1.29 is 29.1 Å². The van der Waals surface area contributed by atoms with E-state index in [1.165, 1.54) is 6.92 Å². The lowest BCUT2D eigenvalue weighted by molar-refractivity contribution is -0.143. The molecule has 0 aromatic heterocycles. The van der Waals surface area contributed by atoms with E-state index in [1.807, 2.05) is 13.8 Å². The van der Waals surface area contributed by atoms with Gasteiger partial charge in [-0.05, 0) is 31.6 Å². The standard InChI is InChI=1S/C19H35N5O6/c1-9(2)8-13(23-16(26)11(5)20)17(27)24-15(10(3)4)18(28)22-12(19(29)30)6-7-14(21)25/h9-13,15H,6-8,20H2,1-5H3,(H2,21,25)(H,22,28)(H,23,26)(H,24,27)(H,29,30). The molecule has 0 aliphatic carbocycles. The molecule has 0 aliphatic heterocycles. The first-order valence-corrected chi connectivity index (χ1v) is 9.94. The van der Waals surface area contributed by atoms with Gasteiger partial charge in [0.1, 0.15) is 18.1 Å². The van der Waals surface area contributed by atoms with Crippen LogP contribution in [-0.2, 0) is 24.0 Å². The van der Waals surface area contributed by atoms with Gasteiger partial charge in [-0.1, -0.05) is 27.7 Å². The third kappa shape index (κ3) is 10.2. The van der Waals surface area contributed by atoms with Gasteiger partial charge in [-0.15, -0.1) is 0 Å². The Bertz CT molecular complexity index is 635. The molecule has 11 heteroatoms. The molecule has 30 heavy (non-hydrogen) atoms. The summed E-state index contributed by atoms with van der Waals surface area (Å²) in [6, 6.07) is -4.08. The highest BCUT2D eigenvalue weighted by molar-refractivity contribution is 5.94. The molecule has 11 nitrogen and oxygen atoms in total. The Labute approximate surface area is 176 Å².